The van der Waals surface area contributed by atoms with Crippen molar-refractivity contribution in [2.75, 3.05) is 4.43 Å². The number of benzene rings is 1. The predicted octanol–water partition coefficient (Wildman–Crippen LogP) is 3.35. The highest BCUT2D eigenvalue weighted by atomic mass is 127. The van der Waals surface area contributed by atoms with Gasteiger partial charge in [-0.1, -0.05) is 46.9 Å². The van der Waals surface area contributed by atoms with Crippen molar-refractivity contribution in [1.82, 2.24) is 0 Å². The molecule has 2 nitrogen and oxygen atoms in total. The van der Waals surface area contributed by atoms with Crippen molar-refractivity contribution in [3.8, 4) is 0 Å². The van der Waals surface area contributed by atoms with Crippen molar-refractivity contribution in [2.24, 2.45) is 0 Å². The summed E-state index contributed by atoms with van der Waals surface area (Å²) in [5, 5.41) is 0. The normalized spacial score (nSPS) is 25.2. The van der Waals surface area contributed by atoms with Gasteiger partial charge in [0.25, 0.3) is 0 Å². The van der Waals surface area contributed by atoms with E-state index >= 15 is 0 Å². The van der Waals surface area contributed by atoms with Crippen LogP contribution in [0.5, 0.6) is 0 Å². The van der Waals surface area contributed by atoms with Gasteiger partial charge >= 0.3 is 5.97 Å². The molecule has 0 spiro atoms. The third-order valence-corrected chi connectivity index (χ3v) is 4.35. The highest BCUT2D eigenvalue weighted by Crippen LogP contribution is 2.38. The standard InChI is InChI=1S/C13H15IO2/c1-10-5-2-3-6-11(10)13(9-14)8-4-7-12(15)16-13/h2-3,5-6H,4,7-9H2,1H3/t13-/m0/s1. The fraction of sp³-hybridized carbons (Fsp3) is 0.462. The summed E-state index contributed by atoms with van der Waals surface area (Å²) < 4.78 is 6.46. The van der Waals surface area contributed by atoms with E-state index < -0.39 is 0 Å². The first-order valence-electron chi connectivity index (χ1n) is 5.52. The molecule has 1 heterocycles. The minimum atomic E-state index is -0.388. The maximum Gasteiger partial charge on any atom is 0.306 e. The monoisotopic (exact) mass is 330 g/mol. The lowest BCUT2D eigenvalue weighted by molar-refractivity contribution is -0.165. The molecule has 0 radical (unpaired) electrons. The van der Waals surface area contributed by atoms with Gasteiger partial charge in [-0.05, 0) is 30.9 Å². The molecule has 0 aromatic heterocycles. The highest BCUT2D eigenvalue weighted by Gasteiger charge is 2.39. The van der Waals surface area contributed by atoms with Crippen LogP contribution in [0, 0.1) is 6.92 Å². The molecule has 0 saturated carbocycles. The summed E-state index contributed by atoms with van der Waals surface area (Å²) in [5.41, 5.74) is 1.98. The molecule has 0 amide bonds. The van der Waals surface area contributed by atoms with Crippen LogP contribution in [0.15, 0.2) is 24.3 Å². The van der Waals surface area contributed by atoms with E-state index in [2.05, 4.69) is 41.6 Å². The van der Waals surface area contributed by atoms with E-state index in [-0.39, 0.29) is 11.6 Å². The topological polar surface area (TPSA) is 26.3 Å². The Morgan fingerprint density at radius 1 is 1.44 bits per heavy atom. The molecule has 0 N–H and O–H groups in total. The smallest absolute Gasteiger partial charge is 0.306 e. The van der Waals surface area contributed by atoms with E-state index in [1.54, 1.807) is 0 Å². The average molecular weight is 330 g/mol. The Bertz CT molecular complexity index is 403. The van der Waals surface area contributed by atoms with Gasteiger partial charge in [0.05, 0.1) is 0 Å². The molecule has 1 saturated heterocycles. The first-order chi connectivity index (χ1) is 7.68. The Balaban J connectivity index is 2.41. The maximum atomic E-state index is 11.5. The lowest BCUT2D eigenvalue weighted by atomic mass is 9.85. The van der Waals surface area contributed by atoms with E-state index in [9.17, 15) is 4.79 Å². The number of rotatable bonds is 2. The van der Waals surface area contributed by atoms with Crippen molar-refractivity contribution in [3.05, 3.63) is 35.4 Å². The molecule has 86 valence electrons. The van der Waals surface area contributed by atoms with Crippen LogP contribution in [-0.2, 0) is 15.1 Å². The van der Waals surface area contributed by atoms with E-state index in [0.717, 1.165) is 22.8 Å². The van der Waals surface area contributed by atoms with Crippen molar-refractivity contribution >= 4 is 28.6 Å². The van der Waals surface area contributed by atoms with Gasteiger partial charge in [0.15, 0.2) is 0 Å². The molecule has 1 fully saturated rings. The first kappa shape index (κ1) is 11.9. The van der Waals surface area contributed by atoms with Crippen LogP contribution < -0.4 is 0 Å². The average Bonchev–Trinajstić information content (AvgIpc) is 2.29. The molecular formula is C13H15IO2. The number of halogens is 1. The second-order valence-corrected chi connectivity index (χ2v) is 5.03. The quantitative estimate of drug-likeness (QED) is 0.472. The van der Waals surface area contributed by atoms with Gasteiger partial charge in [0.2, 0.25) is 0 Å². The molecule has 1 aromatic rings. The fourth-order valence-electron chi connectivity index (χ4n) is 2.28. The Labute approximate surface area is 110 Å². The summed E-state index contributed by atoms with van der Waals surface area (Å²) in [4.78, 5) is 11.5. The number of esters is 1. The summed E-state index contributed by atoms with van der Waals surface area (Å²) in [5.74, 6) is -0.0637. The molecule has 2 rings (SSSR count). The van der Waals surface area contributed by atoms with Crippen LogP contribution in [0.1, 0.15) is 30.4 Å². The Kier molecular flexibility index (Phi) is 3.52. The van der Waals surface area contributed by atoms with E-state index in [1.807, 2.05) is 12.1 Å². The van der Waals surface area contributed by atoms with Gasteiger partial charge in [-0.15, -0.1) is 0 Å². The first-order valence-corrected chi connectivity index (χ1v) is 7.04. The molecule has 1 aliphatic rings. The van der Waals surface area contributed by atoms with Crippen LogP contribution in [0.25, 0.3) is 0 Å². The lowest BCUT2D eigenvalue weighted by Gasteiger charge is -2.36. The van der Waals surface area contributed by atoms with Crippen LogP contribution in [0.2, 0.25) is 0 Å². The van der Waals surface area contributed by atoms with Crippen molar-refractivity contribution in [3.63, 3.8) is 0 Å². The number of carbonyl (C=O) groups excluding carboxylic acids is 1. The molecule has 1 aliphatic heterocycles. The largest absolute Gasteiger partial charge is 0.453 e. The number of hydrogen-bond acceptors (Lipinski definition) is 2. The zero-order valence-corrected chi connectivity index (χ0v) is 11.5. The Hall–Kier alpha value is -0.580. The molecule has 1 aromatic carbocycles. The molecular weight excluding hydrogens is 315 g/mol. The second-order valence-electron chi connectivity index (χ2n) is 4.27. The van der Waals surface area contributed by atoms with Gasteiger partial charge in [0.1, 0.15) is 5.60 Å². The summed E-state index contributed by atoms with van der Waals surface area (Å²) in [6.45, 7) is 2.08. The Morgan fingerprint density at radius 3 is 2.81 bits per heavy atom. The summed E-state index contributed by atoms with van der Waals surface area (Å²) in [6.07, 6.45) is 2.42. The predicted molar refractivity (Wildman–Crippen MR) is 71.7 cm³/mol. The lowest BCUT2D eigenvalue weighted by Crippen LogP contribution is -2.38. The number of alkyl halides is 1. The van der Waals surface area contributed by atoms with Crippen LogP contribution >= 0.6 is 22.6 Å². The van der Waals surface area contributed by atoms with Crippen LogP contribution in [0.4, 0.5) is 0 Å². The maximum absolute atomic E-state index is 11.5. The van der Waals surface area contributed by atoms with E-state index in [4.69, 9.17) is 4.74 Å². The zero-order valence-electron chi connectivity index (χ0n) is 9.33. The van der Waals surface area contributed by atoms with Crippen LogP contribution in [-0.4, -0.2) is 10.4 Å². The molecule has 0 unspecified atom stereocenters. The number of aryl methyl sites for hydroxylation is 1. The van der Waals surface area contributed by atoms with Gasteiger partial charge in [-0.3, -0.25) is 4.79 Å². The summed E-state index contributed by atoms with van der Waals surface area (Å²) >= 11 is 2.31. The molecule has 0 bridgehead atoms. The van der Waals surface area contributed by atoms with Gasteiger partial charge in [0, 0.05) is 10.8 Å². The highest BCUT2D eigenvalue weighted by molar-refractivity contribution is 14.1. The molecule has 1 atom stereocenters. The zero-order chi connectivity index (χ0) is 11.6. The number of ether oxygens (including phenoxy) is 1. The number of hydrogen-bond donors (Lipinski definition) is 0. The number of cyclic esters (lactones) is 1. The van der Waals surface area contributed by atoms with Gasteiger partial charge < -0.3 is 4.74 Å². The van der Waals surface area contributed by atoms with Gasteiger partial charge in [-0.2, -0.15) is 0 Å². The fourth-order valence-corrected chi connectivity index (χ4v) is 3.23. The van der Waals surface area contributed by atoms with Gasteiger partial charge in [-0.25, -0.2) is 0 Å². The van der Waals surface area contributed by atoms with E-state index in [1.165, 1.54) is 5.56 Å². The van der Waals surface area contributed by atoms with Crippen molar-refractivity contribution < 1.29 is 9.53 Å². The third-order valence-electron chi connectivity index (χ3n) is 3.12. The van der Waals surface area contributed by atoms with Crippen LogP contribution in [0.3, 0.4) is 0 Å². The molecule has 0 aliphatic carbocycles. The molecule has 3 heteroatoms. The van der Waals surface area contributed by atoms with Crippen molar-refractivity contribution in [1.29, 1.82) is 0 Å². The molecule has 16 heavy (non-hydrogen) atoms. The minimum absolute atomic E-state index is 0.0637. The SMILES string of the molecule is Cc1ccccc1[C@@]1(CI)CCCC(=O)O1. The minimum Gasteiger partial charge on any atom is -0.453 e. The summed E-state index contributed by atoms with van der Waals surface area (Å²) in [6, 6.07) is 8.18. The summed E-state index contributed by atoms with van der Waals surface area (Å²) in [7, 11) is 0. The van der Waals surface area contributed by atoms with Crippen molar-refractivity contribution in [2.45, 2.75) is 31.8 Å². The van der Waals surface area contributed by atoms with E-state index in [0.29, 0.717) is 6.42 Å². The third kappa shape index (κ3) is 2.10. The second kappa shape index (κ2) is 4.73. The number of carbonyl (C=O) groups is 1. The Morgan fingerprint density at radius 2 is 2.19 bits per heavy atom.